The SMILES string of the molecule is CC.CCCc1ccc2c3ncccc3n(CC)c2c1. The minimum atomic E-state index is 0.987. The fraction of sp³-hybridized carbons (Fsp3) is 0.389. The maximum absolute atomic E-state index is 4.53. The summed E-state index contributed by atoms with van der Waals surface area (Å²) in [4.78, 5) is 4.53. The van der Waals surface area contributed by atoms with E-state index in [0.29, 0.717) is 0 Å². The van der Waals surface area contributed by atoms with Crippen molar-refractivity contribution in [1.29, 1.82) is 0 Å². The molecule has 0 fully saturated rings. The quantitative estimate of drug-likeness (QED) is 0.639. The lowest BCUT2D eigenvalue weighted by Gasteiger charge is -2.04. The minimum Gasteiger partial charge on any atom is -0.339 e. The first kappa shape index (κ1) is 14.6. The van der Waals surface area contributed by atoms with Gasteiger partial charge in [-0.1, -0.05) is 39.3 Å². The van der Waals surface area contributed by atoms with E-state index in [9.17, 15) is 0 Å². The van der Waals surface area contributed by atoms with Crippen LogP contribution in [0.3, 0.4) is 0 Å². The van der Waals surface area contributed by atoms with Crippen LogP contribution in [0.4, 0.5) is 0 Å². The number of benzene rings is 1. The van der Waals surface area contributed by atoms with Crippen molar-refractivity contribution in [2.75, 3.05) is 0 Å². The maximum Gasteiger partial charge on any atom is 0.0959 e. The van der Waals surface area contributed by atoms with E-state index in [4.69, 9.17) is 0 Å². The fourth-order valence-corrected chi connectivity index (χ4v) is 2.74. The summed E-state index contributed by atoms with van der Waals surface area (Å²) in [7, 11) is 0. The standard InChI is InChI=1S/C16H18N2.C2H6/c1-3-6-12-8-9-13-15(11-12)18(4-2)14-7-5-10-17-16(13)14;1-2/h5,7-11H,3-4,6H2,1-2H3;1-2H3. The van der Waals surface area contributed by atoms with Crippen molar-refractivity contribution in [3.05, 3.63) is 42.1 Å². The molecule has 0 saturated heterocycles. The van der Waals surface area contributed by atoms with Gasteiger partial charge in [0.1, 0.15) is 0 Å². The Hall–Kier alpha value is -1.83. The maximum atomic E-state index is 4.53. The highest BCUT2D eigenvalue weighted by atomic mass is 15.0. The van der Waals surface area contributed by atoms with Crippen molar-refractivity contribution < 1.29 is 0 Å². The zero-order chi connectivity index (χ0) is 14.5. The highest BCUT2D eigenvalue weighted by Gasteiger charge is 2.10. The van der Waals surface area contributed by atoms with Gasteiger partial charge in [0.05, 0.1) is 16.6 Å². The first-order valence-electron chi connectivity index (χ1n) is 7.71. The van der Waals surface area contributed by atoms with Gasteiger partial charge in [-0.25, -0.2) is 0 Å². The van der Waals surface area contributed by atoms with Gasteiger partial charge in [0.15, 0.2) is 0 Å². The Morgan fingerprint density at radius 2 is 1.85 bits per heavy atom. The first-order chi connectivity index (χ1) is 9.85. The van der Waals surface area contributed by atoms with Crippen LogP contribution in [0, 0.1) is 0 Å². The summed E-state index contributed by atoms with van der Waals surface area (Å²) in [5.74, 6) is 0. The number of aromatic nitrogens is 2. The van der Waals surface area contributed by atoms with Crippen molar-refractivity contribution in [2.45, 2.75) is 47.1 Å². The molecule has 2 nitrogen and oxygen atoms in total. The van der Waals surface area contributed by atoms with E-state index < -0.39 is 0 Å². The monoisotopic (exact) mass is 268 g/mol. The van der Waals surface area contributed by atoms with Crippen LogP contribution in [0.2, 0.25) is 0 Å². The Bertz CT molecular complexity index is 695. The molecule has 3 rings (SSSR count). The van der Waals surface area contributed by atoms with E-state index in [1.165, 1.54) is 28.4 Å². The third kappa shape index (κ3) is 2.43. The Kier molecular flexibility index (Phi) is 4.78. The lowest BCUT2D eigenvalue weighted by molar-refractivity contribution is 0.824. The smallest absolute Gasteiger partial charge is 0.0959 e. The van der Waals surface area contributed by atoms with Gasteiger partial charge in [-0.15, -0.1) is 0 Å². The Morgan fingerprint density at radius 3 is 2.55 bits per heavy atom. The number of pyridine rings is 1. The van der Waals surface area contributed by atoms with Gasteiger partial charge < -0.3 is 4.57 Å². The van der Waals surface area contributed by atoms with Crippen LogP contribution in [0.15, 0.2) is 36.5 Å². The topological polar surface area (TPSA) is 17.8 Å². The summed E-state index contributed by atoms with van der Waals surface area (Å²) in [6, 6.07) is 11.0. The van der Waals surface area contributed by atoms with Crippen molar-refractivity contribution in [1.82, 2.24) is 9.55 Å². The molecule has 0 radical (unpaired) electrons. The molecule has 2 heterocycles. The molecule has 0 atom stereocenters. The van der Waals surface area contributed by atoms with Crippen LogP contribution >= 0.6 is 0 Å². The molecule has 0 amide bonds. The van der Waals surface area contributed by atoms with Crippen molar-refractivity contribution >= 4 is 21.9 Å². The number of fused-ring (bicyclic) bond motifs is 3. The van der Waals surface area contributed by atoms with Crippen LogP contribution in [0.1, 0.15) is 39.7 Å². The molecule has 0 saturated carbocycles. The molecular weight excluding hydrogens is 244 g/mol. The van der Waals surface area contributed by atoms with E-state index >= 15 is 0 Å². The van der Waals surface area contributed by atoms with Gasteiger partial charge in [-0.2, -0.15) is 0 Å². The zero-order valence-electron chi connectivity index (χ0n) is 13.0. The molecule has 2 aromatic heterocycles. The van der Waals surface area contributed by atoms with E-state index in [1.54, 1.807) is 0 Å². The second-order valence-corrected chi connectivity index (χ2v) is 4.72. The number of hydrogen-bond donors (Lipinski definition) is 0. The molecule has 2 heteroatoms. The average Bonchev–Trinajstić information content (AvgIpc) is 2.82. The summed E-state index contributed by atoms with van der Waals surface area (Å²) in [5.41, 5.74) is 5.10. The number of aryl methyl sites for hydroxylation is 2. The third-order valence-corrected chi connectivity index (χ3v) is 3.54. The highest BCUT2D eigenvalue weighted by Crippen LogP contribution is 2.28. The number of nitrogens with zero attached hydrogens (tertiary/aromatic N) is 2. The molecule has 20 heavy (non-hydrogen) atoms. The predicted octanol–water partition coefficient (Wildman–Crippen LogP) is 5.19. The molecule has 0 N–H and O–H groups in total. The highest BCUT2D eigenvalue weighted by molar-refractivity contribution is 6.05. The second kappa shape index (κ2) is 6.56. The van der Waals surface area contributed by atoms with Crippen molar-refractivity contribution in [3.63, 3.8) is 0 Å². The lowest BCUT2D eigenvalue weighted by atomic mass is 10.1. The Labute approximate surface area is 121 Å². The second-order valence-electron chi connectivity index (χ2n) is 4.72. The van der Waals surface area contributed by atoms with Gasteiger partial charge >= 0.3 is 0 Å². The summed E-state index contributed by atoms with van der Waals surface area (Å²) in [5, 5.41) is 1.27. The summed E-state index contributed by atoms with van der Waals surface area (Å²) < 4.78 is 2.36. The fourth-order valence-electron chi connectivity index (χ4n) is 2.74. The van der Waals surface area contributed by atoms with Gasteiger partial charge in [-0.3, -0.25) is 4.98 Å². The van der Waals surface area contributed by atoms with Gasteiger partial charge in [0.2, 0.25) is 0 Å². The lowest BCUT2D eigenvalue weighted by Crippen LogP contribution is -1.93. The van der Waals surface area contributed by atoms with E-state index in [-0.39, 0.29) is 0 Å². The van der Waals surface area contributed by atoms with Crippen molar-refractivity contribution in [2.24, 2.45) is 0 Å². The molecule has 3 aromatic rings. The van der Waals surface area contributed by atoms with Crippen LogP contribution in [0.25, 0.3) is 21.9 Å². The molecule has 0 bridgehead atoms. The molecule has 0 unspecified atom stereocenters. The van der Waals surface area contributed by atoms with Crippen LogP contribution in [-0.4, -0.2) is 9.55 Å². The summed E-state index contributed by atoms with van der Waals surface area (Å²) >= 11 is 0. The van der Waals surface area contributed by atoms with Gasteiger partial charge in [-0.05, 0) is 37.1 Å². The van der Waals surface area contributed by atoms with E-state index in [0.717, 1.165) is 18.5 Å². The van der Waals surface area contributed by atoms with Crippen LogP contribution < -0.4 is 0 Å². The number of hydrogen-bond acceptors (Lipinski definition) is 1. The molecule has 1 aromatic carbocycles. The van der Waals surface area contributed by atoms with E-state index in [2.05, 4.69) is 47.7 Å². The molecule has 106 valence electrons. The minimum absolute atomic E-state index is 0.987. The van der Waals surface area contributed by atoms with Gasteiger partial charge in [0, 0.05) is 18.1 Å². The van der Waals surface area contributed by atoms with E-state index in [1.807, 2.05) is 26.1 Å². The summed E-state index contributed by atoms with van der Waals surface area (Å²) in [6.07, 6.45) is 4.21. The van der Waals surface area contributed by atoms with Crippen molar-refractivity contribution in [3.8, 4) is 0 Å². The summed E-state index contributed by atoms with van der Waals surface area (Å²) in [6.45, 7) is 9.40. The molecule has 0 aliphatic heterocycles. The van der Waals surface area contributed by atoms with Crippen LogP contribution in [-0.2, 0) is 13.0 Å². The Morgan fingerprint density at radius 1 is 1.05 bits per heavy atom. The molecule has 0 aliphatic rings. The Balaban J connectivity index is 0.000000704. The predicted molar refractivity (Wildman–Crippen MR) is 88.3 cm³/mol. The molecule has 0 spiro atoms. The van der Waals surface area contributed by atoms with Gasteiger partial charge in [0.25, 0.3) is 0 Å². The number of rotatable bonds is 3. The zero-order valence-corrected chi connectivity index (χ0v) is 13.0. The largest absolute Gasteiger partial charge is 0.339 e. The molecule has 0 aliphatic carbocycles. The average molecular weight is 268 g/mol. The van der Waals surface area contributed by atoms with Crippen LogP contribution in [0.5, 0.6) is 0 Å². The normalized spacial score (nSPS) is 10.6. The first-order valence-corrected chi connectivity index (χ1v) is 7.71. The third-order valence-electron chi connectivity index (χ3n) is 3.54. The molecular formula is C18H24N2.